The summed E-state index contributed by atoms with van der Waals surface area (Å²) in [5, 5.41) is 3.07. The first-order chi connectivity index (χ1) is 5.59. The lowest BCUT2D eigenvalue weighted by Gasteiger charge is -2.02. The van der Waals surface area contributed by atoms with Crippen LogP contribution in [-0.4, -0.2) is 10.9 Å². The first kappa shape index (κ1) is 9.00. The maximum Gasteiger partial charge on any atom is 0.221 e. The van der Waals surface area contributed by atoms with Crippen LogP contribution >= 0.6 is 11.6 Å². The topological polar surface area (TPSA) is 42.0 Å². The number of aryl methyl sites for hydroxylation is 1. The Balaban J connectivity index is 2.89. The van der Waals surface area contributed by atoms with Crippen molar-refractivity contribution in [3.8, 4) is 0 Å². The van der Waals surface area contributed by atoms with E-state index in [-0.39, 0.29) is 5.91 Å². The van der Waals surface area contributed by atoms with E-state index in [0.717, 1.165) is 5.56 Å². The Morgan fingerprint density at radius 2 is 2.33 bits per heavy atom. The van der Waals surface area contributed by atoms with Crippen LogP contribution in [0, 0.1) is 6.92 Å². The van der Waals surface area contributed by atoms with Crippen LogP contribution in [0.2, 0.25) is 5.15 Å². The van der Waals surface area contributed by atoms with E-state index in [2.05, 4.69) is 10.3 Å². The number of anilines is 1. The molecule has 0 atom stereocenters. The van der Waals surface area contributed by atoms with E-state index in [0.29, 0.717) is 10.8 Å². The molecule has 4 heteroatoms. The molecule has 0 aromatic carbocycles. The number of carbonyl (C=O) groups is 1. The van der Waals surface area contributed by atoms with Crippen molar-refractivity contribution in [2.24, 2.45) is 0 Å². The summed E-state index contributed by atoms with van der Waals surface area (Å²) >= 11 is 5.69. The second-order valence-corrected chi connectivity index (χ2v) is 2.87. The van der Waals surface area contributed by atoms with Crippen molar-refractivity contribution in [3.05, 3.63) is 23.0 Å². The van der Waals surface area contributed by atoms with Crippen LogP contribution in [0.4, 0.5) is 5.69 Å². The molecule has 0 unspecified atom stereocenters. The maximum absolute atomic E-state index is 10.6. The molecule has 3 nitrogen and oxygen atoms in total. The van der Waals surface area contributed by atoms with Gasteiger partial charge >= 0.3 is 0 Å². The van der Waals surface area contributed by atoms with Gasteiger partial charge in [-0.3, -0.25) is 4.79 Å². The van der Waals surface area contributed by atoms with E-state index in [9.17, 15) is 4.79 Å². The number of nitrogens with one attached hydrogen (secondary N) is 1. The molecule has 1 amide bonds. The van der Waals surface area contributed by atoms with Crippen LogP contribution in [-0.2, 0) is 4.79 Å². The largest absolute Gasteiger partial charge is 0.325 e. The Labute approximate surface area is 75.8 Å². The number of rotatable bonds is 1. The highest BCUT2D eigenvalue weighted by Gasteiger charge is 1.99. The lowest BCUT2D eigenvalue weighted by Crippen LogP contribution is -2.06. The minimum absolute atomic E-state index is 0.112. The molecule has 0 radical (unpaired) electrons. The maximum atomic E-state index is 10.6. The van der Waals surface area contributed by atoms with Gasteiger partial charge in [-0.1, -0.05) is 11.6 Å². The molecule has 0 aliphatic rings. The Morgan fingerprint density at radius 3 is 2.83 bits per heavy atom. The lowest BCUT2D eigenvalue weighted by molar-refractivity contribution is -0.114. The van der Waals surface area contributed by atoms with E-state index in [1.807, 2.05) is 6.92 Å². The summed E-state index contributed by atoms with van der Waals surface area (Å²) in [6.45, 7) is 3.28. The van der Waals surface area contributed by atoms with Crippen molar-refractivity contribution in [1.82, 2.24) is 4.98 Å². The molecule has 0 saturated carbocycles. The van der Waals surface area contributed by atoms with E-state index in [1.54, 1.807) is 6.07 Å². The zero-order valence-corrected chi connectivity index (χ0v) is 7.64. The zero-order chi connectivity index (χ0) is 9.14. The van der Waals surface area contributed by atoms with Crippen LogP contribution < -0.4 is 5.32 Å². The highest BCUT2D eigenvalue weighted by atomic mass is 35.5. The molecular weight excluding hydrogens is 176 g/mol. The molecule has 0 aliphatic carbocycles. The number of hydrogen-bond acceptors (Lipinski definition) is 2. The van der Waals surface area contributed by atoms with Crippen molar-refractivity contribution < 1.29 is 4.79 Å². The smallest absolute Gasteiger partial charge is 0.221 e. The number of hydrogen-bond donors (Lipinski definition) is 1. The number of carbonyl (C=O) groups excluding carboxylic acids is 1. The molecule has 0 bridgehead atoms. The van der Waals surface area contributed by atoms with E-state index < -0.39 is 0 Å². The van der Waals surface area contributed by atoms with Gasteiger partial charge in [-0.05, 0) is 18.6 Å². The lowest BCUT2D eigenvalue weighted by atomic mass is 10.3. The van der Waals surface area contributed by atoms with Gasteiger partial charge in [0, 0.05) is 6.92 Å². The van der Waals surface area contributed by atoms with Crippen molar-refractivity contribution in [2.75, 3.05) is 5.32 Å². The summed E-state index contributed by atoms with van der Waals surface area (Å²) in [6, 6.07) is 1.77. The van der Waals surface area contributed by atoms with E-state index in [1.165, 1.54) is 13.1 Å². The van der Waals surface area contributed by atoms with Gasteiger partial charge in [-0.25, -0.2) is 4.98 Å². The summed E-state index contributed by atoms with van der Waals surface area (Å²) < 4.78 is 0. The number of aromatic nitrogens is 1. The van der Waals surface area contributed by atoms with Gasteiger partial charge in [-0.2, -0.15) is 0 Å². The first-order valence-electron chi connectivity index (χ1n) is 3.49. The van der Waals surface area contributed by atoms with Gasteiger partial charge in [0.05, 0.1) is 11.9 Å². The van der Waals surface area contributed by atoms with E-state index >= 15 is 0 Å². The Hall–Kier alpha value is -1.09. The first-order valence-corrected chi connectivity index (χ1v) is 3.87. The molecule has 0 fully saturated rings. The average Bonchev–Trinajstić information content (AvgIpc) is 1.96. The average molecular weight is 185 g/mol. The number of halogens is 1. The van der Waals surface area contributed by atoms with Crippen LogP contribution in [0.25, 0.3) is 0 Å². The normalized spacial score (nSPS) is 9.58. The summed E-state index contributed by atoms with van der Waals surface area (Å²) in [5.41, 5.74) is 1.52. The third kappa shape index (κ3) is 2.20. The van der Waals surface area contributed by atoms with Crippen molar-refractivity contribution >= 4 is 23.2 Å². The second kappa shape index (κ2) is 3.54. The predicted molar refractivity (Wildman–Crippen MR) is 48.3 cm³/mol. The van der Waals surface area contributed by atoms with Gasteiger partial charge in [0.15, 0.2) is 0 Å². The summed E-state index contributed by atoms with van der Waals surface area (Å²) in [5.74, 6) is -0.112. The Bertz CT molecular complexity index is 312. The van der Waals surface area contributed by atoms with Crippen molar-refractivity contribution in [3.63, 3.8) is 0 Å². The molecule has 0 saturated heterocycles. The van der Waals surface area contributed by atoms with Gasteiger partial charge in [0.2, 0.25) is 5.91 Å². The minimum Gasteiger partial charge on any atom is -0.325 e. The molecule has 1 N–H and O–H groups in total. The quantitative estimate of drug-likeness (QED) is 0.679. The highest BCUT2D eigenvalue weighted by molar-refractivity contribution is 6.30. The number of pyridine rings is 1. The molecule has 64 valence electrons. The van der Waals surface area contributed by atoms with Crippen molar-refractivity contribution in [2.45, 2.75) is 13.8 Å². The molecule has 1 aromatic heterocycles. The van der Waals surface area contributed by atoms with Crippen LogP contribution in [0.1, 0.15) is 12.5 Å². The number of nitrogens with zero attached hydrogens (tertiary/aromatic N) is 1. The Morgan fingerprint density at radius 1 is 1.67 bits per heavy atom. The van der Waals surface area contributed by atoms with Gasteiger partial charge in [-0.15, -0.1) is 0 Å². The fourth-order valence-electron chi connectivity index (χ4n) is 0.830. The molecular formula is C8H9ClN2O. The molecule has 12 heavy (non-hydrogen) atoms. The SMILES string of the molecule is CC(=O)Nc1cnc(Cl)c(C)c1. The third-order valence-electron chi connectivity index (χ3n) is 1.33. The zero-order valence-electron chi connectivity index (χ0n) is 6.89. The molecule has 0 aliphatic heterocycles. The predicted octanol–water partition coefficient (Wildman–Crippen LogP) is 2.00. The van der Waals surface area contributed by atoms with Gasteiger partial charge in [0.1, 0.15) is 5.15 Å². The summed E-state index contributed by atoms with van der Waals surface area (Å²) in [6.07, 6.45) is 1.52. The van der Waals surface area contributed by atoms with Gasteiger partial charge in [0.25, 0.3) is 0 Å². The highest BCUT2D eigenvalue weighted by Crippen LogP contribution is 2.15. The number of amides is 1. The third-order valence-corrected chi connectivity index (χ3v) is 1.73. The summed E-state index contributed by atoms with van der Waals surface area (Å²) in [4.78, 5) is 14.5. The molecule has 1 aromatic rings. The van der Waals surface area contributed by atoms with Crippen LogP contribution in [0.3, 0.4) is 0 Å². The molecule has 0 spiro atoms. The fourth-order valence-corrected chi connectivity index (χ4v) is 0.933. The summed E-state index contributed by atoms with van der Waals surface area (Å²) in [7, 11) is 0. The minimum atomic E-state index is -0.112. The van der Waals surface area contributed by atoms with Crippen molar-refractivity contribution in [1.29, 1.82) is 0 Å². The monoisotopic (exact) mass is 184 g/mol. The fraction of sp³-hybridized carbons (Fsp3) is 0.250. The Kier molecular flexibility index (Phi) is 2.65. The van der Waals surface area contributed by atoms with Crippen LogP contribution in [0.5, 0.6) is 0 Å². The second-order valence-electron chi connectivity index (χ2n) is 2.51. The van der Waals surface area contributed by atoms with Crippen LogP contribution in [0.15, 0.2) is 12.3 Å². The standard InChI is InChI=1S/C8H9ClN2O/c1-5-3-7(11-6(2)12)4-10-8(5)9/h3-4H,1-2H3,(H,11,12). The molecule has 1 rings (SSSR count). The van der Waals surface area contributed by atoms with E-state index in [4.69, 9.17) is 11.6 Å². The molecule has 1 heterocycles. The van der Waals surface area contributed by atoms with Gasteiger partial charge < -0.3 is 5.32 Å².